The number of carbonyl (C=O) groups is 1. The molecule has 3 saturated heterocycles. The molecule has 1 amide bonds. The molecule has 47 heavy (non-hydrogen) atoms. The number of amides is 1. The van der Waals surface area contributed by atoms with Crippen LogP contribution < -0.4 is 15.0 Å². The molecule has 0 aliphatic carbocycles. The van der Waals surface area contributed by atoms with Crippen LogP contribution in [0.5, 0.6) is 5.88 Å². The largest absolute Gasteiger partial charge is 0.471 e. The molecule has 0 radical (unpaired) electrons. The highest BCUT2D eigenvalue weighted by molar-refractivity contribution is 7.89. The molecule has 3 atom stereocenters. The highest BCUT2D eigenvalue weighted by Gasteiger charge is 2.38. The van der Waals surface area contributed by atoms with E-state index in [1.54, 1.807) is 29.2 Å². The monoisotopic (exact) mass is 684 g/mol. The SMILES string of the molecule is C[C@@H]1CN(c2ccc(S(=O)(=O)N3CCC(Nc4ncc(C(F)(F)F)c(O[C@H]5CCOC5)n4)CC3)cc2)C[C@H](C)N1C(=O)OC(C)(C)C. The molecule has 1 aromatic carbocycles. The number of ether oxygens (including phenoxy) is 3. The average molecular weight is 685 g/mol. The predicted octanol–water partition coefficient (Wildman–Crippen LogP) is 4.76. The first-order chi connectivity index (χ1) is 22.0. The summed E-state index contributed by atoms with van der Waals surface area (Å²) in [5.41, 5.74) is -0.797. The van der Waals surface area contributed by atoms with E-state index in [2.05, 4.69) is 20.2 Å². The van der Waals surface area contributed by atoms with Gasteiger partial charge in [-0.15, -0.1) is 0 Å². The molecule has 0 bridgehead atoms. The lowest BCUT2D eigenvalue weighted by molar-refractivity contribution is -0.139. The number of piperazine rings is 1. The van der Waals surface area contributed by atoms with Crippen LogP contribution in [0.15, 0.2) is 35.4 Å². The van der Waals surface area contributed by atoms with Gasteiger partial charge in [0.15, 0.2) is 0 Å². The van der Waals surface area contributed by atoms with Crippen molar-refractivity contribution < 1.29 is 40.6 Å². The topological polar surface area (TPSA) is 126 Å². The maximum absolute atomic E-state index is 13.5. The number of alkyl halides is 3. The number of halogens is 3. The predicted molar refractivity (Wildman–Crippen MR) is 168 cm³/mol. The van der Waals surface area contributed by atoms with Crippen LogP contribution in [0.2, 0.25) is 0 Å². The Balaban J connectivity index is 1.18. The summed E-state index contributed by atoms with van der Waals surface area (Å²) in [6, 6.07) is 6.29. The molecule has 3 fully saturated rings. The molecule has 0 unspecified atom stereocenters. The smallest absolute Gasteiger partial charge is 0.423 e. The molecule has 2 aromatic rings. The van der Waals surface area contributed by atoms with Crippen LogP contribution in [0, 0.1) is 0 Å². The van der Waals surface area contributed by atoms with Gasteiger partial charge in [0.1, 0.15) is 17.3 Å². The van der Waals surface area contributed by atoms with Gasteiger partial charge in [0.25, 0.3) is 0 Å². The quantitative estimate of drug-likeness (QED) is 0.436. The summed E-state index contributed by atoms with van der Waals surface area (Å²) in [4.78, 5) is 24.7. The number of rotatable bonds is 7. The van der Waals surface area contributed by atoms with Crippen LogP contribution >= 0.6 is 0 Å². The number of piperidine rings is 1. The van der Waals surface area contributed by atoms with Crippen molar-refractivity contribution in [2.45, 2.75) is 94.8 Å². The Morgan fingerprint density at radius 1 is 1.02 bits per heavy atom. The number of anilines is 2. The molecule has 3 aliphatic rings. The number of hydrogen-bond donors (Lipinski definition) is 1. The zero-order chi connectivity index (χ0) is 34.1. The molecule has 0 saturated carbocycles. The number of nitrogens with one attached hydrogen (secondary N) is 1. The summed E-state index contributed by atoms with van der Waals surface area (Å²) in [7, 11) is -3.78. The van der Waals surface area contributed by atoms with Gasteiger partial charge in [-0.25, -0.2) is 18.2 Å². The van der Waals surface area contributed by atoms with E-state index in [1.165, 1.54) is 4.31 Å². The van der Waals surface area contributed by atoms with E-state index >= 15 is 0 Å². The van der Waals surface area contributed by atoms with E-state index in [-0.39, 0.29) is 54.8 Å². The normalized spacial score (nSPS) is 23.5. The number of nitrogens with zero attached hydrogens (tertiary/aromatic N) is 5. The molecule has 0 spiro atoms. The zero-order valence-electron chi connectivity index (χ0n) is 27.3. The van der Waals surface area contributed by atoms with Crippen molar-refractivity contribution in [3.05, 3.63) is 36.0 Å². The molecule has 16 heteroatoms. The lowest BCUT2D eigenvalue weighted by Crippen LogP contribution is -2.59. The average Bonchev–Trinajstić information content (AvgIpc) is 3.49. The number of aromatic nitrogens is 2. The van der Waals surface area contributed by atoms with Gasteiger partial charge in [-0.2, -0.15) is 22.5 Å². The second-order valence-corrected chi connectivity index (χ2v) is 15.3. The maximum atomic E-state index is 13.5. The molecule has 260 valence electrons. The molecular weight excluding hydrogens is 641 g/mol. The van der Waals surface area contributed by atoms with Gasteiger partial charge in [0.2, 0.25) is 21.9 Å². The van der Waals surface area contributed by atoms with Crippen molar-refractivity contribution in [1.29, 1.82) is 0 Å². The van der Waals surface area contributed by atoms with Crippen molar-refractivity contribution in [3.63, 3.8) is 0 Å². The summed E-state index contributed by atoms with van der Waals surface area (Å²) in [5.74, 6) is -0.567. The Morgan fingerprint density at radius 2 is 1.66 bits per heavy atom. The fourth-order valence-corrected chi connectivity index (χ4v) is 7.56. The van der Waals surface area contributed by atoms with Gasteiger partial charge in [0.05, 0.1) is 30.2 Å². The van der Waals surface area contributed by atoms with Gasteiger partial charge in [-0.3, -0.25) is 4.90 Å². The number of carbonyl (C=O) groups excluding carboxylic acids is 1. The summed E-state index contributed by atoms with van der Waals surface area (Å²) in [6.07, 6.45) is -3.57. The van der Waals surface area contributed by atoms with E-state index in [0.717, 1.165) is 5.69 Å². The lowest BCUT2D eigenvalue weighted by Gasteiger charge is -2.45. The summed E-state index contributed by atoms with van der Waals surface area (Å²) >= 11 is 0. The minimum absolute atomic E-state index is 0.0145. The van der Waals surface area contributed by atoms with Gasteiger partial charge in [-0.05, 0) is 71.7 Å². The number of benzene rings is 1. The Bertz CT molecular complexity index is 1500. The summed E-state index contributed by atoms with van der Waals surface area (Å²) in [5, 5.41) is 3.05. The first-order valence-corrected chi connectivity index (χ1v) is 17.3. The second-order valence-electron chi connectivity index (χ2n) is 13.3. The molecule has 4 heterocycles. The summed E-state index contributed by atoms with van der Waals surface area (Å²) < 4.78 is 85.3. The van der Waals surface area contributed by atoms with Crippen LogP contribution in [0.1, 0.15) is 59.4 Å². The van der Waals surface area contributed by atoms with E-state index in [4.69, 9.17) is 14.2 Å². The maximum Gasteiger partial charge on any atom is 0.423 e. The van der Waals surface area contributed by atoms with Crippen LogP contribution in [-0.2, 0) is 25.7 Å². The van der Waals surface area contributed by atoms with Crippen molar-refractivity contribution in [3.8, 4) is 5.88 Å². The highest BCUT2D eigenvalue weighted by Crippen LogP contribution is 2.36. The third-order valence-corrected chi connectivity index (χ3v) is 10.3. The van der Waals surface area contributed by atoms with E-state index in [1.807, 2.05) is 34.6 Å². The van der Waals surface area contributed by atoms with E-state index in [0.29, 0.717) is 45.2 Å². The molecular formula is C31H43F3N6O6S. The van der Waals surface area contributed by atoms with Gasteiger partial charge >= 0.3 is 12.3 Å². The Hall–Kier alpha value is -3.37. The fourth-order valence-electron chi connectivity index (χ4n) is 6.09. The first-order valence-electron chi connectivity index (χ1n) is 15.8. The third-order valence-electron chi connectivity index (χ3n) is 8.38. The molecule has 1 aromatic heterocycles. The zero-order valence-corrected chi connectivity index (χ0v) is 28.1. The van der Waals surface area contributed by atoms with E-state index in [9.17, 15) is 26.4 Å². The van der Waals surface area contributed by atoms with E-state index < -0.39 is 39.3 Å². The number of hydrogen-bond acceptors (Lipinski definition) is 10. The Labute approximate surface area is 273 Å². The van der Waals surface area contributed by atoms with Crippen molar-refractivity contribution >= 4 is 27.8 Å². The van der Waals surface area contributed by atoms with Crippen molar-refractivity contribution in [2.24, 2.45) is 0 Å². The van der Waals surface area contributed by atoms with Gasteiger partial charge in [0, 0.05) is 50.5 Å². The Morgan fingerprint density at radius 3 is 2.21 bits per heavy atom. The van der Waals surface area contributed by atoms with Crippen molar-refractivity contribution in [2.75, 3.05) is 49.6 Å². The van der Waals surface area contributed by atoms with Crippen molar-refractivity contribution in [1.82, 2.24) is 19.2 Å². The standard InChI is InChI=1S/C31H43F3N6O6S/c1-20-17-38(18-21(2)40(20)29(41)46-30(3,4)5)23-6-8-25(9-7-23)47(42,43)39-13-10-22(11-14-39)36-28-35-16-26(31(32,33)34)27(37-28)45-24-12-15-44-19-24/h6-9,16,20-22,24H,10-15,17-19H2,1-5H3,(H,35,36,37)/t20-,21+,24-/m0/s1. The van der Waals surface area contributed by atoms with Crippen LogP contribution in [0.25, 0.3) is 0 Å². The Kier molecular flexibility index (Phi) is 10.1. The lowest BCUT2D eigenvalue weighted by atomic mass is 10.1. The fraction of sp³-hybridized carbons (Fsp3) is 0.645. The molecule has 1 N–H and O–H groups in total. The van der Waals surface area contributed by atoms with Gasteiger partial charge < -0.3 is 24.4 Å². The second kappa shape index (κ2) is 13.6. The van der Waals surface area contributed by atoms with Crippen LogP contribution in [0.3, 0.4) is 0 Å². The molecule has 3 aliphatic heterocycles. The minimum Gasteiger partial charge on any atom is -0.471 e. The first kappa shape index (κ1) is 35.0. The minimum atomic E-state index is -4.68. The molecule has 12 nitrogen and oxygen atoms in total. The van der Waals surface area contributed by atoms with Crippen LogP contribution in [-0.4, -0.2) is 103 Å². The molecule has 5 rings (SSSR count). The van der Waals surface area contributed by atoms with Gasteiger partial charge in [-0.1, -0.05) is 0 Å². The highest BCUT2D eigenvalue weighted by atomic mass is 32.2. The number of sulfonamides is 1. The summed E-state index contributed by atoms with van der Waals surface area (Å²) in [6.45, 7) is 11.6. The van der Waals surface area contributed by atoms with Crippen LogP contribution in [0.4, 0.5) is 29.6 Å². The third kappa shape index (κ3) is 8.38.